The van der Waals surface area contributed by atoms with E-state index in [4.69, 9.17) is 16.7 Å². The molecule has 0 bridgehead atoms. The first kappa shape index (κ1) is 17.8. The highest BCUT2D eigenvalue weighted by Gasteiger charge is 2.31. The van der Waals surface area contributed by atoms with Crippen molar-refractivity contribution in [3.05, 3.63) is 28.5 Å². The summed E-state index contributed by atoms with van der Waals surface area (Å²) in [5, 5.41) is 18.3. The number of likely N-dealkylation sites (N-methyl/N-ethyl adjacent to an activating group) is 1. The van der Waals surface area contributed by atoms with Gasteiger partial charge in [0, 0.05) is 18.6 Å². The van der Waals surface area contributed by atoms with Crippen LogP contribution >= 0.6 is 11.6 Å². The maximum absolute atomic E-state index is 14.1. The van der Waals surface area contributed by atoms with Crippen molar-refractivity contribution in [3.8, 4) is 0 Å². The maximum Gasteiger partial charge on any atom is 0.338 e. The lowest BCUT2D eigenvalue weighted by atomic mass is 10.1. The van der Waals surface area contributed by atoms with Crippen molar-refractivity contribution in [2.75, 3.05) is 13.6 Å². The molecule has 0 aliphatic heterocycles. The van der Waals surface area contributed by atoms with Crippen molar-refractivity contribution in [1.29, 1.82) is 0 Å². The molecule has 0 saturated carbocycles. The molecule has 0 unspecified atom stereocenters. The van der Waals surface area contributed by atoms with Crippen molar-refractivity contribution in [2.45, 2.75) is 24.3 Å². The zero-order chi connectivity index (χ0) is 16.6. The average molecular weight is 340 g/mol. The monoisotopic (exact) mass is 339 g/mol. The lowest BCUT2D eigenvalue weighted by Crippen LogP contribution is -2.40. The van der Waals surface area contributed by atoms with Crippen LogP contribution < -0.4 is 0 Å². The lowest BCUT2D eigenvalue weighted by molar-refractivity contribution is 0.0637. The molecule has 0 radical (unpaired) electrons. The number of carboxylic acids is 1. The van der Waals surface area contributed by atoms with Gasteiger partial charge in [-0.05, 0) is 26.0 Å². The third-order valence-electron chi connectivity index (χ3n) is 2.53. The van der Waals surface area contributed by atoms with Crippen LogP contribution in [0.2, 0.25) is 5.02 Å². The Morgan fingerprint density at radius 1 is 1.43 bits per heavy atom. The van der Waals surface area contributed by atoms with E-state index in [0.717, 1.165) is 23.5 Å². The summed E-state index contributed by atoms with van der Waals surface area (Å²) in [6.45, 7) is 2.47. The number of aromatic carboxylic acids is 1. The smallest absolute Gasteiger partial charge is 0.338 e. The van der Waals surface area contributed by atoms with Gasteiger partial charge >= 0.3 is 5.97 Å². The molecule has 0 atom stereocenters. The molecule has 0 saturated heterocycles. The second-order valence-electron chi connectivity index (χ2n) is 5.14. The second kappa shape index (κ2) is 5.88. The van der Waals surface area contributed by atoms with Crippen molar-refractivity contribution >= 4 is 27.6 Å². The summed E-state index contributed by atoms with van der Waals surface area (Å²) in [6.07, 6.45) is 0. The van der Waals surface area contributed by atoms with Gasteiger partial charge in [-0.1, -0.05) is 11.6 Å². The third kappa shape index (κ3) is 4.13. The molecule has 6 nitrogen and oxygen atoms in total. The molecule has 21 heavy (non-hydrogen) atoms. The second-order valence-corrected chi connectivity index (χ2v) is 7.59. The van der Waals surface area contributed by atoms with Gasteiger partial charge in [-0.15, -0.1) is 0 Å². The van der Waals surface area contributed by atoms with E-state index < -0.39 is 37.9 Å². The van der Waals surface area contributed by atoms with Gasteiger partial charge in [-0.25, -0.2) is 17.6 Å². The van der Waals surface area contributed by atoms with E-state index >= 15 is 0 Å². The van der Waals surface area contributed by atoms with Gasteiger partial charge in [0.2, 0.25) is 10.0 Å². The van der Waals surface area contributed by atoms with E-state index in [0.29, 0.717) is 0 Å². The zero-order valence-corrected chi connectivity index (χ0v) is 13.2. The number of hydrogen-bond acceptors (Lipinski definition) is 4. The van der Waals surface area contributed by atoms with Crippen LogP contribution in [0.15, 0.2) is 17.0 Å². The Morgan fingerprint density at radius 3 is 2.38 bits per heavy atom. The molecule has 0 aliphatic carbocycles. The van der Waals surface area contributed by atoms with Gasteiger partial charge in [0.05, 0.1) is 11.2 Å². The number of hydrogen-bond donors (Lipinski definition) is 2. The van der Waals surface area contributed by atoms with Crippen LogP contribution in [-0.4, -0.2) is 48.1 Å². The number of halogens is 2. The highest BCUT2D eigenvalue weighted by atomic mass is 35.5. The van der Waals surface area contributed by atoms with E-state index in [9.17, 15) is 22.7 Å². The standard InChI is InChI=1S/C12H15ClFNO5S/c1-12(2,18)6-15(3)21(19,20)9-5-7(13)4-8(10(9)14)11(16)17/h4-5,18H,6H2,1-3H3,(H,16,17). The number of rotatable bonds is 5. The molecule has 1 aromatic rings. The Balaban J connectivity index is 3.42. The fourth-order valence-corrected chi connectivity index (χ4v) is 3.42. The van der Waals surface area contributed by atoms with Gasteiger partial charge in [-0.3, -0.25) is 0 Å². The van der Waals surface area contributed by atoms with E-state index in [2.05, 4.69) is 0 Å². The Kier molecular flexibility index (Phi) is 4.99. The number of nitrogens with zero attached hydrogens (tertiary/aromatic N) is 1. The van der Waals surface area contributed by atoms with Crippen molar-refractivity contribution < 1.29 is 27.8 Å². The van der Waals surface area contributed by atoms with Crippen LogP contribution in [0.25, 0.3) is 0 Å². The SMILES string of the molecule is CN(CC(C)(C)O)S(=O)(=O)c1cc(Cl)cc(C(=O)O)c1F. The van der Waals surface area contributed by atoms with E-state index in [1.54, 1.807) is 0 Å². The summed E-state index contributed by atoms with van der Waals surface area (Å²) in [4.78, 5) is 10.1. The average Bonchev–Trinajstić information content (AvgIpc) is 2.28. The van der Waals surface area contributed by atoms with Gasteiger partial charge in [0.15, 0.2) is 5.82 Å². The summed E-state index contributed by atoms with van der Waals surface area (Å²) in [5.74, 6) is -3.02. The molecule has 1 aromatic carbocycles. The van der Waals surface area contributed by atoms with Crippen LogP contribution in [0.5, 0.6) is 0 Å². The van der Waals surface area contributed by atoms with Gasteiger partial charge in [0.1, 0.15) is 4.90 Å². The fraction of sp³-hybridized carbons (Fsp3) is 0.417. The lowest BCUT2D eigenvalue weighted by Gasteiger charge is -2.25. The minimum absolute atomic E-state index is 0.218. The Labute approximate surface area is 126 Å². The predicted molar refractivity (Wildman–Crippen MR) is 74.5 cm³/mol. The molecular weight excluding hydrogens is 325 g/mol. The molecule has 1 rings (SSSR count). The van der Waals surface area contributed by atoms with Crippen molar-refractivity contribution in [2.24, 2.45) is 0 Å². The molecule has 9 heteroatoms. The molecule has 0 fully saturated rings. The van der Waals surface area contributed by atoms with Gasteiger partial charge in [0.25, 0.3) is 0 Å². The first-order valence-electron chi connectivity index (χ1n) is 5.77. The van der Waals surface area contributed by atoms with E-state index in [-0.39, 0.29) is 11.6 Å². The number of carboxylic acid groups (broad SMARTS) is 1. The quantitative estimate of drug-likeness (QED) is 0.849. The molecule has 2 N–H and O–H groups in total. The molecule has 0 spiro atoms. The third-order valence-corrected chi connectivity index (χ3v) is 4.55. The number of carbonyl (C=O) groups is 1. The van der Waals surface area contributed by atoms with Crippen LogP contribution in [0.3, 0.4) is 0 Å². The van der Waals surface area contributed by atoms with Crippen LogP contribution in [0.1, 0.15) is 24.2 Å². The van der Waals surface area contributed by atoms with Crippen LogP contribution in [0.4, 0.5) is 4.39 Å². The van der Waals surface area contributed by atoms with Gasteiger partial charge < -0.3 is 10.2 Å². The first-order valence-corrected chi connectivity index (χ1v) is 7.59. The summed E-state index contributed by atoms with van der Waals surface area (Å²) in [7, 11) is -3.18. The summed E-state index contributed by atoms with van der Waals surface area (Å²) in [6, 6.07) is 1.66. The Morgan fingerprint density at radius 2 is 1.95 bits per heavy atom. The topological polar surface area (TPSA) is 94.9 Å². The van der Waals surface area contributed by atoms with Crippen LogP contribution in [-0.2, 0) is 10.0 Å². The van der Waals surface area contributed by atoms with Crippen molar-refractivity contribution in [1.82, 2.24) is 4.31 Å². The molecule has 0 aliphatic rings. The molecule has 0 aromatic heterocycles. The predicted octanol–water partition coefficient (Wildman–Crippen LogP) is 1.57. The number of aliphatic hydroxyl groups is 1. The minimum Gasteiger partial charge on any atom is -0.478 e. The highest BCUT2D eigenvalue weighted by molar-refractivity contribution is 7.89. The Hall–Kier alpha value is -1.22. The molecule has 0 heterocycles. The van der Waals surface area contributed by atoms with Crippen molar-refractivity contribution in [3.63, 3.8) is 0 Å². The molecule has 0 amide bonds. The molecule has 118 valence electrons. The van der Waals surface area contributed by atoms with Gasteiger partial charge in [-0.2, -0.15) is 4.31 Å². The molecular formula is C12H15ClFNO5S. The number of sulfonamides is 1. The Bertz CT molecular complexity index is 669. The van der Waals surface area contributed by atoms with Crippen LogP contribution in [0, 0.1) is 5.82 Å². The summed E-state index contributed by atoms with van der Waals surface area (Å²) < 4.78 is 39.4. The maximum atomic E-state index is 14.1. The van der Waals surface area contributed by atoms with E-state index in [1.165, 1.54) is 13.8 Å². The summed E-state index contributed by atoms with van der Waals surface area (Å²) >= 11 is 5.65. The highest BCUT2D eigenvalue weighted by Crippen LogP contribution is 2.26. The normalized spacial score (nSPS) is 12.7. The fourth-order valence-electron chi connectivity index (χ4n) is 1.71. The number of benzene rings is 1. The summed E-state index contributed by atoms with van der Waals surface area (Å²) in [5.41, 5.74) is -2.18. The first-order chi connectivity index (χ1) is 9.36. The van der Waals surface area contributed by atoms with E-state index in [1.807, 2.05) is 0 Å². The zero-order valence-electron chi connectivity index (χ0n) is 11.6. The largest absolute Gasteiger partial charge is 0.478 e. The minimum atomic E-state index is -4.33.